The van der Waals surface area contributed by atoms with Crippen LogP contribution in [-0.4, -0.2) is 100 Å². The average Bonchev–Trinajstić information content (AvgIpc) is 2.37. The van der Waals surface area contributed by atoms with Gasteiger partial charge in [0.05, 0.1) is 22.3 Å². The molecule has 0 spiro atoms. The number of hydrogen-bond donors (Lipinski definition) is 5. The Bertz CT molecular complexity index is 586. The van der Waals surface area contributed by atoms with E-state index in [1.54, 1.807) is 0 Å². The molecule has 0 saturated heterocycles. The zero-order valence-electron chi connectivity index (χ0n) is 12.3. The third-order valence-electron chi connectivity index (χ3n) is 1.83. The fourth-order valence-electron chi connectivity index (χ4n) is 0.953. The molecule has 0 bridgehead atoms. The summed E-state index contributed by atoms with van der Waals surface area (Å²) in [5, 5.41) is 35.6. The van der Waals surface area contributed by atoms with Gasteiger partial charge >= 0.3 is 74.1 Å². The number of phosphoric acid groups is 2. The number of hydrogen-bond acceptors (Lipinski definition) is 15. The molecular weight excluding hydrogens is 557 g/mol. The summed E-state index contributed by atoms with van der Waals surface area (Å²) in [7, 11) is -16.3. The first-order valence-corrected chi connectivity index (χ1v) is 9.73. The number of aliphatic hydroxyl groups excluding tert-OH is 4. The summed E-state index contributed by atoms with van der Waals surface area (Å²) < 4.78 is 53.6. The minimum atomic E-state index is -5.68. The maximum atomic E-state index is 10.3. The van der Waals surface area contributed by atoms with Gasteiger partial charge in [-0.25, -0.2) is 4.18 Å². The second-order valence-corrected chi connectivity index (χ2v) is 7.32. The molecule has 0 amide bonds. The Morgan fingerprint density at radius 3 is 1.50 bits per heavy atom. The molecule has 0 rings (SSSR count). The molecule has 0 fully saturated rings. The number of rotatable bonds is 9. The van der Waals surface area contributed by atoms with Crippen LogP contribution >= 0.6 is 15.6 Å². The zero-order valence-corrected chi connectivity index (χ0v) is 17.1. The average molecular weight is 570 g/mol. The third kappa shape index (κ3) is 24.0. The molecular formula is C6H13Fe2NaO16P2S. The van der Waals surface area contributed by atoms with E-state index in [-0.39, 0.29) is 70.0 Å². The van der Waals surface area contributed by atoms with Crippen LogP contribution in [0.5, 0.6) is 0 Å². The van der Waals surface area contributed by atoms with Crippen molar-refractivity contribution < 1.29 is 110 Å². The monoisotopic (exact) mass is 570 g/mol. The predicted molar refractivity (Wildman–Crippen MR) is 71.0 cm³/mol. The van der Waals surface area contributed by atoms with E-state index in [2.05, 4.69) is 8.49 Å². The number of aliphatic hydroxyl groups is 4. The van der Waals surface area contributed by atoms with Gasteiger partial charge in [-0.2, -0.15) is 8.42 Å². The molecule has 0 aromatic heterocycles. The van der Waals surface area contributed by atoms with Crippen molar-refractivity contribution in [3.8, 4) is 0 Å². The number of aldehydes is 1. The van der Waals surface area contributed by atoms with Gasteiger partial charge in [0.1, 0.15) is 18.3 Å². The third-order valence-corrected chi connectivity index (χ3v) is 3.90. The summed E-state index contributed by atoms with van der Waals surface area (Å²) in [4.78, 5) is 47.6. The van der Waals surface area contributed by atoms with Crippen molar-refractivity contribution in [3.05, 3.63) is 0 Å². The molecule has 5 N–H and O–H groups in total. The molecule has 28 heavy (non-hydrogen) atoms. The normalized spacial score (nSPS) is 15.8. The summed E-state index contributed by atoms with van der Waals surface area (Å²) in [5.74, 6) is 0. The van der Waals surface area contributed by atoms with Gasteiger partial charge < -0.3 is 58.2 Å². The molecule has 0 unspecified atom stereocenters. The maximum absolute atomic E-state index is 10.3. The minimum absolute atomic E-state index is 0. The van der Waals surface area contributed by atoms with Gasteiger partial charge in [0, 0.05) is 0 Å². The van der Waals surface area contributed by atoms with Crippen LogP contribution in [0.3, 0.4) is 0 Å². The van der Waals surface area contributed by atoms with E-state index in [1.165, 1.54) is 0 Å². The van der Waals surface area contributed by atoms with Gasteiger partial charge in [0.2, 0.25) is 0 Å². The topological polar surface area (TPSA) is 297 Å². The molecule has 0 heterocycles. The van der Waals surface area contributed by atoms with Crippen molar-refractivity contribution >= 4 is 61.9 Å². The van der Waals surface area contributed by atoms with Gasteiger partial charge in [-0.1, -0.05) is 0 Å². The summed E-state index contributed by atoms with van der Waals surface area (Å²) >= 11 is 0. The van der Waals surface area contributed by atoms with E-state index in [4.69, 9.17) is 19.9 Å². The van der Waals surface area contributed by atoms with E-state index in [0.717, 1.165) is 0 Å². The SMILES string of the molecule is O=C[C@H](OS(=O)(=O)O)[C@@H](O)[C@H](O)[C@H](O)CO.O=P([O-])([O-])OP(=O)([O-])[O-].[Fe+2].[Fe+2].[NaH]. The molecule has 16 nitrogen and oxygen atoms in total. The zero-order chi connectivity index (χ0) is 20.6. The van der Waals surface area contributed by atoms with E-state index < -0.39 is 57.1 Å². The van der Waals surface area contributed by atoms with E-state index in [9.17, 15) is 47.0 Å². The molecule has 0 aliphatic carbocycles. The summed E-state index contributed by atoms with van der Waals surface area (Å²) in [6, 6.07) is 0. The van der Waals surface area contributed by atoms with Crippen molar-refractivity contribution in [1.82, 2.24) is 0 Å². The Kier molecular flexibility index (Phi) is 24.7. The molecule has 0 aliphatic heterocycles. The molecule has 0 aromatic rings. The van der Waals surface area contributed by atoms with Crippen LogP contribution in [0.25, 0.3) is 0 Å². The summed E-state index contributed by atoms with van der Waals surface area (Å²) in [6.45, 7) is -0.921. The second kappa shape index (κ2) is 17.3. The summed E-state index contributed by atoms with van der Waals surface area (Å²) in [5.41, 5.74) is 0. The molecule has 4 atom stereocenters. The van der Waals surface area contributed by atoms with Gasteiger partial charge in [0.25, 0.3) is 0 Å². The predicted octanol–water partition coefficient (Wildman–Crippen LogP) is -7.54. The number of carbonyl (C=O) groups is 1. The van der Waals surface area contributed by atoms with Crippen LogP contribution in [-0.2, 0) is 67.0 Å². The molecule has 0 saturated carbocycles. The van der Waals surface area contributed by atoms with E-state index >= 15 is 0 Å². The molecule has 0 radical (unpaired) electrons. The standard InChI is InChI=1S/C6H12O9S.2Fe.Na.H4O7P2.H/c7-1-3(9)5(10)6(11)4(2-8)15-16(12,13)14;;;;1-8(2,3)7-9(4,5)6;/h2-7,9-11H,1H2,(H,12,13,14);;;;(H2,1,2,3)(H2,4,5,6);/q;2*+2;;;/p-4/t3-,4+,5-,6-;;;;;/m1...../s1. The van der Waals surface area contributed by atoms with Crippen LogP contribution < -0.4 is 19.6 Å². The Morgan fingerprint density at radius 1 is 0.964 bits per heavy atom. The number of carbonyl (C=O) groups excluding carboxylic acids is 1. The molecule has 166 valence electrons. The summed E-state index contributed by atoms with van der Waals surface area (Å²) in [6.07, 6.45) is -8.21. The van der Waals surface area contributed by atoms with Crippen molar-refractivity contribution in [1.29, 1.82) is 0 Å². The fourth-order valence-corrected chi connectivity index (χ4v) is 2.37. The first kappa shape index (κ1) is 40.1. The van der Waals surface area contributed by atoms with Gasteiger partial charge in [-0.05, 0) is 0 Å². The van der Waals surface area contributed by atoms with Crippen LogP contribution in [0.4, 0.5) is 0 Å². The van der Waals surface area contributed by atoms with E-state index in [0.29, 0.717) is 0 Å². The first-order chi connectivity index (χ1) is 10.9. The van der Waals surface area contributed by atoms with Gasteiger partial charge in [-0.3, -0.25) is 4.55 Å². The van der Waals surface area contributed by atoms with Gasteiger partial charge in [0.15, 0.2) is 12.4 Å². The van der Waals surface area contributed by atoms with Crippen molar-refractivity contribution in [2.45, 2.75) is 24.4 Å². The molecule has 0 aliphatic rings. The Balaban J connectivity index is -0.000000128. The van der Waals surface area contributed by atoms with Crippen LogP contribution in [0.1, 0.15) is 0 Å². The first-order valence-electron chi connectivity index (χ1n) is 5.45. The Hall–Kier alpha value is 1.68. The quantitative estimate of drug-likeness (QED) is 0.0744. The van der Waals surface area contributed by atoms with Crippen molar-refractivity contribution in [2.24, 2.45) is 0 Å². The van der Waals surface area contributed by atoms with Crippen molar-refractivity contribution in [3.63, 3.8) is 0 Å². The Morgan fingerprint density at radius 2 is 1.32 bits per heavy atom. The Labute approximate surface area is 201 Å². The van der Waals surface area contributed by atoms with Crippen LogP contribution in [0.15, 0.2) is 0 Å². The van der Waals surface area contributed by atoms with Gasteiger partial charge in [-0.15, -0.1) is 0 Å². The van der Waals surface area contributed by atoms with Crippen molar-refractivity contribution in [2.75, 3.05) is 6.61 Å². The molecule has 22 heteroatoms. The fraction of sp³-hybridized carbons (Fsp3) is 0.833. The van der Waals surface area contributed by atoms with Crippen LogP contribution in [0, 0.1) is 0 Å². The van der Waals surface area contributed by atoms with E-state index in [1.807, 2.05) is 0 Å². The van der Waals surface area contributed by atoms with Crippen LogP contribution in [0.2, 0.25) is 0 Å². The molecule has 0 aromatic carbocycles. The second-order valence-electron chi connectivity index (χ2n) is 3.83.